The number of nitrogens with one attached hydrogen (secondary N) is 1. The predicted molar refractivity (Wildman–Crippen MR) is 120 cm³/mol. The van der Waals surface area contributed by atoms with Crippen LogP contribution in [0.4, 0.5) is 10.1 Å². The van der Waals surface area contributed by atoms with E-state index in [9.17, 15) is 14.0 Å². The minimum Gasteiger partial charge on any atom is -0.325 e. The lowest BCUT2D eigenvalue weighted by Gasteiger charge is -2.07. The first-order chi connectivity index (χ1) is 15.1. The molecular weight excluding hydrogens is 415 g/mol. The summed E-state index contributed by atoms with van der Waals surface area (Å²) < 4.78 is 14.7. The average Bonchev–Trinajstić information content (AvgIpc) is 3.16. The Morgan fingerprint density at radius 2 is 1.81 bits per heavy atom. The van der Waals surface area contributed by atoms with Gasteiger partial charge in [-0.25, -0.2) is 14.4 Å². The Morgan fingerprint density at radius 3 is 2.58 bits per heavy atom. The third kappa shape index (κ3) is 3.69. The highest BCUT2D eigenvalue weighted by Gasteiger charge is 2.15. The lowest BCUT2D eigenvalue weighted by atomic mass is 10.1. The van der Waals surface area contributed by atoms with E-state index >= 15 is 0 Å². The van der Waals surface area contributed by atoms with E-state index in [0.717, 1.165) is 21.5 Å². The molecule has 8 heteroatoms. The summed E-state index contributed by atoms with van der Waals surface area (Å²) in [5.41, 5.74) is 2.53. The normalized spacial score (nSPS) is 11.1. The van der Waals surface area contributed by atoms with Gasteiger partial charge >= 0.3 is 0 Å². The maximum absolute atomic E-state index is 13.0. The second-order valence-electron chi connectivity index (χ2n) is 6.93. The molecule has 5 rings (SSSR count). The zero-order valence-electron chi connectivity index (χ0n) is 16.1. The molecule has 0 radical (unpaired) electrons. The van der Waals surface area contributed by atoms with Crippen LogP contribution in [0.1, 0.15) is 0 Å². The van der Waals surface area contributed by atoms with Crippen molar-refractivity contribution in [3.05, 3.63) is 89.2 Å². The van der Waals surface area contributed by atoms with E-state index < -0.39 is 11.7 Å². The van der Waals surface area contributed by atoms with Gasteiger partial charge in [-0.05, 0) is 36.4 Å². The van der Waals surface area contributed by atoms with Crippen LogP contribution >= 0.6 is 11.3 Å². The summed E-state index contributed by atoms with van der Waals surface area (Å²) in [5.74, 6) is -0.793. The molecule has 1 N–H and O–H groups in total. The zero-order valence-corrected chi connectivity index (χ0v) is 16.9. The summed E-state index contributed by atoms with van der Waals surface area (Å²) in [7, 11) is 0. The summed E-state index contributed by atoms with van der Waals surface area (Å²) >= 11 is 1.26. The zero-order chi connectivity index (χ0) is 21.4. The first kappa shape index (κ1) is 19.1. The number of aromatic nitrogens is 3. The molecule has 6 nitrogen and oxygen atoms in total. The van der Waals surface area contributed by atoms with Crippen molar-refractivity contribution in [2.24, 2.45) is 0 Å². The fourth-order valence-corrected chi connectivity index (χ4v) is 4.40. The number of hydrogen-bond donors (Lipinski definition) is 1. The van der Waals surface area contributed by atoms with Crippen molar-refractivity contribution in [3.8, 4) is 11.3 Å². The van der Waals surface area contributed by atoms with Gasteiger partial charge in [0.2, 0.25) is 5.91 Å². The highest BCUT2D eigenvalue weighted by molar-refractivity contribution is 7.25. The highest BCUT2D eigenvalue weighted by Crippen LogP contribution is 2.31. The predicted octanol–water partition coefficient (Wildman–Crippen LogP) is 4.45. The van der Waals surface area contributed by atoms with Gasteiger partial charge in [0.1, 0.15) is 21.9 Å². The third-order valence-corrected chi connectivity index (χ3v) is 5.90. The van der Waals surface area contributed by atoms with E-state index in [2.05, 4.69) is 10.3 Å². The number of halogens is 1. The molecule has 0 atom stereocenters. The van der Waals surface area contributed by atoms with Crippen LogP contribution in [0.25, 0.3) is 31.7 Å². The van der Waals surface area contributed by atoms with E-state index in [1.165, 1.54) is 46.5 Å². The van der Waals surface area contributed by atoms with Crippen molar-refractivity contribution >= 4 is 43.4 Å². The Hall–Kier alpha value is -3.91. The molecule has 0 aliphatic heterocycles. The lowest BCUT2D eigenvalue weighted by molar-refractivity contribution is -0.116. The van der Waals surface area contributed by atoms with Crippen molar-refractivity contribution in [2.75, 3.05) is 5.32 Å². The molecular formula is C23H15FN4O2S. The molecule has 3 heterocycles. The highest BCUT2D eigenvalue weighted by atomic mass is 32.1. The van der Waals surface area contributed by atoms with Crippen molar-refractivity contribution in [1.82, 2.24) is 14.5 Å². The van der Waals surface area contributed by atoms with Crippen LogP contribution in [0.2, 0.25) is 0 Å². The number of nitrogens with zero attached hydrogens (tertiary/aromatic N) is 3. The molecule has 31 heavy (non-hydrogen) atoms. The molecule has 0 saturated carbocycles. The maximum Gasteiger partial charge on any atom is 0.271 e. The minimum absolute atomic E-state index is 0.198. The fraction of sp³-hybridized carbons (Fsp3) is 0.0435. The number of thiophene rings is 1. The summed E-state index contributed by atoms with van der Waals surface area (Å²) in [4.78, 5) is 35.1. The van der Waals surface area contributed by atoms with E-state index in [1.807, 2.05) is 42.5 Å². The number of hydrogen-bond acceptors (Lipinski definition) is 5. The molecule has 0 aliphatic carbocycles. The van der Waals surface area contributed by atoms with Crippen LogP contribution in [0.15, 0.2) is 77.9 Å². The van der Waals surface area contributed by atoms with Crippen LogP contribution in [-0.2, 0) is 11.3 Å². The number of benzene rings is 2. The van der Waals surface area contributed by atoms with Crippen LogP contribution in [0.5, 0.6) is 0 Å². The second-order valence-corrected chi connectivity index (χ2v) is 7.93. The monoisotopic (exact) mass is 430 g/mol. The second kappa shape index (κ2) is 7.73. The minimum atomic E-state index is -0.402. The van der Waals surface area contributed by atoms with Gasteiger partial charge in [-0.1, -0.05) is 30.3 Å². The maximum atomic E-state index is 13.0. The smallest absolute Gasteiger partial charge is 0.271 e. The van der Waals surface area contributed by atoms with Crippen LogP contribution in [-0.4, -0.2) is 20.4 Å². The van der Waals surface area contributed by atoms with Gasteiger partial charge in [0.25, 0.3) is 5.56 Å². The summed E-state index contributed by atoms with van der Waals surface area (Å²) in [6, 6.07) is 19.0. The van der Waals surface area contributed by atoms with Crippen molar-refractivity contribution in [2.45, 2.75) is 6.54 Å². The molecule has 0 unspecified atom stereocenters. The van der Waals surface area contributed by atoms with Gasteiger partial charge in [0.05, 0.1) is 17.5 Å². The Morgan fingerprint density at radius 1 is 1.03 bits per heavy atom. The van der Waals surface area contributed by atoms with Crippen LogP contribution in [0.3, 0.4) is 0 Å². The molecule has 2 aromatic carbocycles. The molecule has 0 fully saturated rings. The standard InChI is InChI=1S/C23H15FN4O2S/c24-15-6-8-16(9-7-15)26-19(29)12-28-13-25-20-17-10-11-18(14-4-2-1-3-5-14)27-22(17)31-21(20)23(28)30/h1-11,13H,12H2,(H,26,29). The average molecular weight is 430 g/mol. The molecule has 5 aromatic rings. The first-order valence-electron chi connectivity index (χ1n) is 9.48. The molecule has 0 spiro atoms. The van der Waals surface area contributed by atoms with Gasteiger partial charge in [0, 0.05) is 16.6 Å². The lowest BCUT2D eigenvalue weighted by Crippen LogP contribution is -2.27. The van der Waals surface area contributed by atoms with Crippen molar-refractivity contribution in [3.63, 3.8) is 0 Å². The number of anilines is 1. The Balaban J connectivity index is 1.47. The Kier molecular flexibility index (Phi) is 4.76. The van der Waals surface area contributed by atoms with Gasteiger partial charge < -0.3 is 5.32 Å². The van der Waals surface area contributed by atoms with Crippen molar-refractivity contribution < 1.29 is 9.18 Å². The summed E-state index contributed by atoms with van der Waals surface area (Å²) in [5, 5.41) is 3.45. The molecule has 3 aromatic heterocycles. The number of carbonyl (C=O) groups is 1. The Labute approximate surface area is 179 Å². The van der Waals surface area contributed by atoms with Crippen LogP contribution in [0, 0.1) is 5.82 Å². The molecule has 1 amide bonds. The number of carbonyl (C=O) groups excluding carboxylic acids is 1. The van der Waals surface area contributed by atoms with Gasteiger partial charge in [-0.2, -0.15) is 0 Å². The number of fused-ring (bicyclic) bond motifs is 3. The van der Waals surface area contributed by atoms with Gasteiger partial charge in [-0.15, -0.1) is 11.3 Å². The molecule has 0 aliphatic rings. The van der Waals surface area contributed by atoms with Crippen LogP contribution < -0.4 is 10.9 Å². The molecule has 0 saturated heterocycles. The first-order valence-corrected chi connectivity index (χ1v) is 10.3. The topological polar surface area (TPSA) is 76.9 Å². The Bertz CT molecular complexity index is 1480. The van der Waals surface area contributed by atoms with E-state index in [4.69, 9.17) is 4.98 Å². The largest absolute Gasteiger partial charge is 0.325 e. The SMILES string of the molecule is O=C(Cn1cnc2c(sc3nc(-c4ccccc4)ccc32)c1=O)Nc1ccc(F)cc1. The summed E-state index contributed by atoms with van der Waals surface area (Å²) in [6.07, 6.45) is 1.37. The van der Waals surface area contributed by atoms with Crippen molar-refractivity contribution in [1.29, 1.82) is 0 Å². The number of pyridine rings is 1. The van der Waals surface area contributed by atoms with E-state index in [1.54, 1.807) is 0 Å². The number of amides is 1. The fourth-order valence-electron chi connectivity index (χ4n) is 3.32. The number of rotatable bonds is 4. The summed E-state index contributed by atoms with van der Waals surface area (Å²) in [6.45, 7) is -0.198. The van der Waals surface area contributed by atoms with Gasteiger partial charge in [-0.3, -0.25) is 14.2 Å². The molecule has 152 valence electrons. The quantitative estimate of drug-likeness (QED) is 0.457. The van der Waals surface area contributed by atoms with E-state index in [0.29, 0.717) is 15.9 Å². The molecule has 0 bridgehead atoms. The van der Waals surface area contributed by atoms with E-state index in [-0.39, 0.29) is 12.1 Å². The third-order valence-electron chi connectivity index (χ3n) is 4.82. The van der Waals surface area contributed by atoms with Gasteiger partial charge in [0.15, 0.2) is 0 Å².